The average Bonchev–Trinajstić information content (AvgIpc) is 3.26. The van der Waals surface area contributed by atoms with Gasteiger partial charge in [0.05, 0.1) is 30.1 Å². The van der Waals surface area contributed by atoms with Crippen molar-refractivity contribution in [3.63, 3.8) is 0 Å². The van der Waals surface area contributed by atoms with Crippen molar-refractivity contribution in [3.05, 3.63) is 41.3 Å². The van der Waals surface area contributed by atoms with Gasteiger partial charge < -0.3 is 4.74 Å². The Morgan fingerprint density at radius 3 is 2.69 bits per heavy atom. The highest BCUT2D eigenvalue weighted by Gasteiger charge is 2.51. The van der Waals surface area contributed by atoms with Gasteiger partial charge in [-0.3, -0.25) is 14.9 Å². The zero-order valence-electron chi connectivity index (χ0n) is 17.7. The maximum absolute atomic E-state index is 9.58. The molecule has 0 radical (unpaired) electrons. The molecule has 2 bridgehead atoms. The van der Waals surface area contributed by atoms with E-state index in [1.807, 2.05) is 12.3 Å². The molecule has 29 heavy (non-hydrogen) atoms. The Balaban J connectivity index is 1.52. The van der Waals surface area contributed by atoms with E-state index in [1.165, 1.54) is 12.0 Å². The quantitative estimate of drug-likeness (QED) is 0.778. The molecule has 0 amide bonds. The Kier molecular flexibility index (Phi) is 5.32. The van der Waals surface area contributed by atoms with Gasteiger partial charge in [-0.15, -0.1) is 0 Å². The van der Waals surface area contributed by atoms with Crippen LogP contribution in [-0.2, 0) is 12.1 Å². The van der Waals surface area contributed by atoms with Gasteiger partial charge in [-0.2, -0.15) is 10.4 Å². The van der Waals surface area contributed by atoms with Gasteiger partial charge in [0.2, 0.25) is 5.88 Å². The first-order valence-corrected chi connectivity index (χ1v) is 10.4. The van der Waals surface area contributed by atoms with Crippen LogP contribution in [0, 0.1) is 17.2 Å². The van der Waals surface area contributed by atoms with E-state index < -0.39 is 0 Å². The summed E-state index contributed by atoms with van der Waals surface area (Å²) in [5.74, 6) is 1.06. The van der Waals surface area contributed by atoms with Crippen LogP contribution >= 0.6 is 0 Å². The molecule has 3 aliphatic heterocycles. The van der Waals surface area contributed by atoms with E-state index in [2.05, 4.69) is 57.9 Å². The molecule has 0 saturated carbocycles. The number of nitrogens with one attached hydrogen (secondary N) is 1. The molecule has 4 atom stereocenters. The van der Waals surface area contributed by atoms with Crippen molar-refractivity contribution in [2.75, 3.05) is 20.2 Å². The first-order valence-electron chi connectivity index (χ1n) is 10.4. The number of rotatable bonds is 7. The van der Waals surface area contributed by atoms with Crippen molar-refractivity contribution >= 4 is 0 Å². The molecule has 0 aromatic carbocycles. The fraction of sp³-hybridized carbons (Fsp3) is 0.591. The smallest absolute Gasteiger partial charge is 0.212 e. The summed E-state index contributed by atoms with van der Waals surface area (Å²) < 4.78 is 5.17. The van der Waals surface area contributed by atoms with Gasteiger partial charge in [-0.1, -0.05) is 26.3 Å². The lowest BCUT2D eigenvalue weighted by atomic mass is 9.75. The van der Waals surface area contributed by atoms with E-state index in [-0.39, 0.29) is 5.54 Å². The topological polar surface area (TPSA) is 81.1 Å². The molecule has 3 unspecified atom stereocenters. The third-order valence-electron chi connectivity index (χ3n) is 7.21. The van der Waals surface area contributed by atoms with Crippen LogP contribution in [0.5, 0.6) is 5.88 Å². The van der Waals surface area contributed by atoms with E-state index in [0.29, 0.717) is 29.4 Å². The largest absolute Gasteiger partial charge is 0.481 e. The molecule has 7 heteroatoms. The van der Waals surface area contributed by atoms with Crippen LogP contribution in [0.2, 0.25) is 0 Å². The number of ether oxygens (including phenoxy) is 1. The highest BCUT2D eigenvalue weighted by molar-refractivity contribution is 5.36. The maximum Gasteiger partial charge on any atom is 0.212 e. The van der Waals surface area contributed by atoms with Crippen molar-refractivity contribution in [3.8, 4) is 11.9 Å². The summed E-state index contributed by atoms with van der Waals surface area (Å²) in [7, 11) is 1.64. The van der Waals surface area contributed by atoms with Crippen LogP contribution in [0.1, 0.15) is 50.4 Å². The van der Waals surface area contributed by atoms with Gasteiger partial charge in [0.15, 0.2) is 0 Å². The molecule has 2 aromatic rings. The van der Waals surface area contributed by atoms with E-state index in [9.17, 15) is 5.26 Å². The van der Waals surface area contributed by atoms with Crippen LogP contribution in [0.4, 0.5) is 0 Å². The standard InChI is InChI=1S/C22H30N6O/c1-5-15(2)22(3,21-17(9-23)11-25-26-21)27-13-18-8-19(14-27)28(18)12-16-6-7-20(29-4)24-10-16/h6-7,10-11,15,18-19H,5,8,12-14H2,1-4H3,(H,25,26)/t15-,18?,19?,22?/m1/s1. The lowest BCUT2D eigenvalue weighted by molar-refractivity contribution is -0.121. The molecule has 3 aliphatic rings. The monoisotopic (exact) mass is 394 g/mol. The number of nitriles is 1. The first kappa shape index (κ1) is 19.9. The summed E-state index contributed by atoms with van der Waals surface area (Å²) in [5, 5.41) is 16.9. The summed E-state index contributed by atoms with van der Waals surface area (Å²) >= 11 is 0. The number of piperidine rings is 1. The Labute approximate surface area is 172 Å². The molecule has 3 fully saturated rings. The Morgan fingerprint density at radius 2 is 2.10 bits per heavy atom. The summed E-state index contributed by atoms with van der Waals surface area (Å²) in [6.45, 7) is 9.71. The second-order valence-corrected chi connectivity index (χ2v) is 8.56. The number of nitrogens with zero attached hydrogens (tertiary/aromatic N) is 5. The summed E-state index contributed by atoms with van der Waals surface area (Å²) in [4.78, 5) is 9.52. The second kappa shape index (κ2) is 7.77. The Hall–Kier alpha value is -2.43. The number of fused-ring (bicyclic) bond motifs is 2. The number of pyridine rings is 1. The molecule has 0 aliphatic carbocycles. The van der Waals surface area contributed by atoms with Gasteiger partial charge in [0.1, 0.15) is 6.07 Å². The number of piperazine rings is 1. The maximum atomic E-state index is 9.58. The molecule has 154 valence electrons. The van der Waals surface area contributed by atoms with E-state index in [1.54, 1.807) is 13.3 Å². The summed E-state index contributed by atoms with van der Waals surface area (Å²) in [5.41, 5.74) is 2.62. The second-order valence-electron chi connectivity index (χ2n) is 8.56. The molecular formula is C22H30N6O. The number of aromatic amines is 1. The molecule has 5 rings (SSSR count). The Morgan fingerprint density at radius 1 is 1.34 bits per heavy atom. The van der Waals surface area contributed by atoms with Crippen LogP contribution in [0.3, 0.4) is 0 Å². The van der Waals surface area contributed by atoms with Crippen molar-refractivity contribution in [2.24, 2.45) is 5.92 Å². The molecule has 3 saturated heterocycles. The molecule has 2 aromatic heterocycles. The molecular weight excluding hydrogens is 364 g/mol. The van der Waals surface area contributed by atoms with E-state index in [0.717, 1.165) is 31.7 Å². The SMILES string of the molecule is CC[C@@H](C)C(C)(c1[nH]ncc1C#N)N1CC2CC(C1)N2Cc1ccc(OC)nc1. The molecule has 5 heterocycles. The first-order chi connectivity index (χ1) is 14.0. The van der Waals surface area contributed by atoms with Crippen LogP contribution in [0.15, 0.2) is 24.5 Å². The third-order valence-corrected chi connectivity index (χ3v) is 7.21. The fourth-order valence-electron chi connectivity index (χ4n) is 5.03. The Bertz CT molecular complexity index is 875. The van der Waals surface area contributed by atoms with Crippen molar-refractivity contribution < 1.29 is 4.74 Å². The number of H-pyrrole nitrogens is 1. The van der Waals surface area contributed by atoms with Crippen molar-refractivity contribution in [2.45, 2.75) is 57.8 Å². The van der Waals surface area contributed by atoms with E-state index in [4.69, 9.17) is 4.74 Å². The van der Waals surface area contributed by atoms with Gasteiger partial charge in [-0.25, -0.2) is 4.98 Å². The lowest BCUT2D eigenvalue weighted by Gasteiger charge is -2.61. The van der Waals surface area contributed by atoms with Crippen molar-refractivity contribution in [1.82, 2.24) is 25.0 Å². The average molecular weight is 395 g/mol. The van der Waals surface area contributed by atoms with Crippen LogP contribution in [0.25, 0.3) is 0 Å². The number of aromatic nitrogens is 3. The highest BCUT2D eigenvalue weighted by Crippen LogP contribution is 2.44. The van der Waals surface area contributed by atoms with Gasteiger partial charge in [0, 0.05) is 44.0 Å². The van der Waals surface area contributed by atoms with Gasteiger partial charge >= 0.3 is 0 Å². The lowest BCUT2D eigenvalue weighted by Crippen LogP contribution is -2.71. The van der Waals surface area contributed by atoms with Crippen LogP contribution in [-0.4, -0.2) is 57.3 Å². The van der Waals surface area contributed by atoms with Gasteiger partial charge in [0.25, 0.3) is 0 Å². The number of hydrogen-bond donors (Lipinski definition) is 1. The van der Waals surface area contributed by atoms with E-state index >= 15 is 0 Å². The normalized spacial score (nSPS) is 24.9. The number of methoxy groups -OCH3 is 1. The minimum Gasteiger partial charge on any atom is -0.481 e. The fourth-order valence-corrected chi connectivity index (χ4v) is 5.03. The minimum absolute atomic E-state index is 0.221. The highest BCUT2D eigenvalue weighted by atomic mass is 16.5. The predicted octanol–water partition coefficient (Wildman–Crippen LogP) is 2.90. The predicted molar refractivity (Wildman–Crippen MR) is 110 cm³/mol. The summed E-state index contributed by atoms with van der Waals surface area (Å²) in [6, 6.07) is 7.43. The number of hydrogen-bond acceptors (Lipinski definition) is 6. The van der Waals surface area contributed by atoms with Crippen molar-refractivity contribution in [1.29, 1.82) is 5.26 Å². The minimum atomic E-state index is -0.221. The van der Waals surface area contributed by atoms with Gasteiger partial charge in [-0.05, 0) is 24.8 Å². The zero-order chi connectivity index (χ0) is 20.6. The molecule has 7 nitrogen and oxygen atoms in total. The van der Waals surface area contributed by atoms with Crippen LogP contribution < -0.4 is 4.74 Å². The zero-order valence-corrected chi connectivity index (χ0v) is 17.7. The molecule has 0 spiro atoms. The summed E-state index contributed by atoms with van der Waals surface area (Å²) in [6.07, 6.45) is 5.86. The third kappa shape index (κ3) is 3.30. The molecule has 1 N–H and O–H groups in total.